The standard InChI is InChI=1S/C14H12Cl2N2O2/c15-10-7-13(11(16)6-12(10)17)18-14(19)8-20-9-4-2-1-3-5-9/h1-7H,8,17H2,(H,18,19). The molecule has 4 nitrogen and oxygen atoms in total. The molecule has 0 spiro atoms. The van der Waals surface area contributed by atoms with E-state index in [1.807, 2.05) is 18.2 Å². The Hall–Kier alpha value is -1.91. The van der Waals surface area contributed by atoms with Crippen molar-refractivity contribution < 1.29 is 9.53 Å². The van der Waals surface area contributed by atoms with Crippen LogP contribution < -0.4 is 15.8 Å². The number of anilines is 2. The van der Waals surface area contributed by atoms with Gasteiger partial charge in [0, 0.05) is 0 Å². The van der Waals surface area contributed by atoms with Crippen LogP contribution in [0.25, 0.3) is 0 Å². The van der Waals surface area contributed by atoms with Crippen LogP contribution in [0.1, 0.15) is 0 Å². The number of benzene rings is 2. The highest BCUT2D eigenvalue weighted by Gasteiger charge is 2.09. The lowest BCUT2D eigenvalue weighted by molar-refractivity contribution is -0.118. The fraction of sp³-hybridized carbons (Fsp3) is 0.0714. The minimum atomic E-state index is -0.336. The van der Waals surface area contributed by atoms with Crippen molar-refractivity contribution in [2.24, 2.45) is 0 Å². The zero-order chi connectivity index (χ0) is 14.5. The van der Waals surface area contributed by atoms with E-state index < -0.39 is 0 Å². The van der Waals surface area contributed by atoms with E-state index in [2.05, 4.69) is 5.32 Å². The summed E-state index contributed by atoms with van der Waals surface area (Å²) in [5, 5.41) is 3.26. The highest BCUT2D eigenvalue weighted by molar-refractivity contribution is 6.37. The zero-order valence-electron chi connectivity index (χ0n) is 10.4. The third-order valence-corrected chi connectivity index (χ3v) is 3.11. The summed E-state index contributed by atoms with van der Waals surface area (Å²) in [6.07, 6.45) is 0. The normalized spacial score (nSPS) is 10.1. The highest BCUT2D eigenvalue weighted by Crippen LogP contribution is 2.30. The minimum Gasteiger partial charge on any atom is -0.484 e. The molecule has 6 heteroatoms. The first-order valence-corrected chi connectivity index (χ1v) is 6.54. The number of carbonyl (C=O) groups excluding carboxylic acids is 1. The van der Waals surface area contributed by atoms with Crippen LogP contribution in [0, 0.1) is 0 Å². The molecule has 0 saturated heterocycles. The Morgan fingerprint density at radius 3 is 2.55 bits per heavy atom. The van der Waals surface area contributed by atoms with Crippen molar-refractivity contribution in [1.82, 2.24) is 0 Å². The largest absolute Gasteiger partial charge is 0.484 e. The lowest BCUT2D eigenvalue weighted by Crippen LogP contribution is -2.20. The predicted molar refractivity (Wildman–Crippen MR) is 81.4 cm³/mol. The second-order valence-corrected chi connectivity index (χ2v) is 4.82. The molecule has 0 aliphatic rings. The van der Waals surface area contributed by atoms with Crippen molar-refractivity contribution in [3.8, 4) is 5.75 Å². The Bertz CT molecular complexity index is 618. The number of amides is 1. The molecule has 104 valence electrons. The number of nitrogens with one attached hydrogen (secondary N) is 1. The van der Waals surface area contributed by atoms with Crippen molar-refractivity contribution in [2.45, 2.75) is 0 Å². The minimum absolute atomic E-state index is 0.123. The summed E-state index contributed by atoms with van der Waals surface area (Å²) < 4.78 is 5.32. The second-order valence-electron chi connectivity index (χ2n) is 4.00. The average Bonchev–Trinajstić information content (AvgIpc) is 2.44. The molecule has 3 N–H and O–H groups in total. The van der Waals surface area contributed by atoms with Crippen LogP contribution in [0.15, 0.2) is 42.5 Å². The quantitative estimate of drug-likeness (QED) is 0.848. The highest BCUT2D eigenvalue weighted by atomic mass is 35.5. The lowest BCUT2D eigenvalue weighted by Gasteiger charge is -2.10. The summed E-state index contributed by atoms with van der Waals surface area (Å²) in [4.78, 5) is 11.8. The van der Waals surface area contributed by atoms with Crippen LogP contribution >= 0.6 is 23.2 Å². The molecule has 0 saturated carbocycles. The van der Waals surface area contributed by atoms with Crippen LogP contribution in [0.4, 0.5) is 11.4 Å². The Morgan fingerprint density at radius 2 is 1.85 bits per heavy atom. The number of para-hydroxylation sites is 1. The third-order valence-electron chi connectivity index (χ3n) is 2.47. The van der Waals surface area contributed by atoms with Crippen LogP contribution in [0.5, 0.6) is 5.75 Å². The second kappa shape index (κ2) is 6.50. The molecular weight excluding hydrogens is 299 g/mol. The molecular formula is C14H12Cl2N2O2. The van der Waals surface area contributed by atoms with Crippen LogP contribution in [0.3, 0.4) is 0 Å². The number of hydrogen-bond acceptors (Lipinski definition) is 3. The molecule has 0 aliphatic heterocycles. The number of ether oxygens (including phenoxy) is 1. The first kappa shape index (κ1) is 14.5. The van der Waals surface area contributed by atoms with Crippen LogP contribution in [-0.2, 0) is 4.79 Å². The molecule has 1 amide bonds. The molecule has 20 heavy (non-hydrogen) atoms. The molecule has 0 atom stereocenters. The van der Waals surface area contributed by atoms with E-state index in [-0.39, 0.29) is 12.5 Å². The molecule has 0 heterocycles. The molecule has 2 rings (SSSR count). The number of rotatable bonds is 4. The Morgan fingerprint density at radius 1 is 1.15 bits per heavy atom. The zero-order valence-corrected chi connectivity index (χ0v) is 11.9. The van der Waals surface area contributed by atoms with Crippen molar-refractivity contribution in [2.75, 3.05) is 17.7 Å². The van der Waals surface area contributed by atoms with Gasteiger partial charge in [-0.15, -0.1) is 0 Å². The lowest BCUT2D eigenvalue weighted by atomic mass is 10.3. The van der Waals surface area contributed by atoms with E-state index in [1.54, 1.807) is 12.1 Å². The monoisotopic (exact) mass is 310 g/mol. The third kappa shape index (κ3) is 3.79. The topological polar surface area (TPSA) is 64.3 Å². The molecule has 0 aliphatic carbocycles. The van der Waals surface area contributed by atoms with Gasteiger partial charge in [-0.25, -0.2) is 0 Å². The van der Waals surface area contributed by atoms with Gasteiger partial charge in [-0.1, -0.05) is 41.4 Å². The van der Waals surface area contributed by atoms with E-state index in [0.717, 1.165) is 0 Å². The maximum atomic E-state index is 11.8. The number of nitrogens with two attached hydrogens (primary N) is 1. The summed E-state index contributed by atoms with van der Waals surface area (Å²) in [5.41, 5.74) is 6.35. The van der Waals surface area contributed by atoms with Gasteiger partial charge in [-0.2, -0.15) is 0 Å². The summed E-state index contributed by atoms with van der Waals surface area (Å²) in [7, 11) is 0. The van der Waals surface area contributed by atoms with Gasteiger partial charge in [0.05, 0.1) is 21.4 Å². The van der Waals surface area contributed by atoms with E-state index in [4.69, 9.17) is 33.7 Å². The Labute approximate surface area is 126 Å². The Balaban J connectivity index is 1.97. The van der Waals surface area contributed by atoms with Gasteiger partial charge in [0.15, 0.2) is 6.61 Å². The summed E-state index contributed by atoms with van der Waals surface area (Å²) in [6, 6.07) is 12.0. The molecule has 0 bridgehead atoms. The van der Waals surface area contributed by atoms with Crippen LogP contribution in [0.2, 0.25) is 10.0 Å². The number of carbonyl (C=O) groups is 1. The number of hydrogen-bond donors (Lipinski definition) is 2. The SMILES string of the molecule is Nc1cc(Cl)c(NC(=O)COc2ccccc2)cc1Cl. The van der Waals surface area contributed by atoms with Crippen molar-refractivity contribution >= 4 is 40.5 Å². The van der Waals surface area contributed by atoms with Gasteiger partial charge in [0.2, 0.25) is 0 Å². The summed E-state index contributed by atoms with van der Waals surface area (Å²) in [5.74, 6) is 0.278. The molecule has 0 radical (unpaired) electrons. The van der Waals surface area contributed by atoms with E-state index in [1.165, 1.54) is 12.1 Å². The maximum absolute atomic E-state index is 11.8. The summed E-state index contributed by atoms with van der Waals surface area (Å²) in [6.45, 7) is -0.123. The molecule has 0 fully saturated rings. The van der Waals surface area contributed by atoms with Crippen molar-refractivity contribution in [1.29, 1.82) is 0 Å². The predicted octanol–water partition coefficient (Wildman–Crippen LogP) is 3.59. The molecule has 0 unspecified atom stereocenters. The van der Waals surface area contributed by atoms with Crippen molar-refractivity contribution in [3.05, 3.63) is 52.5 Å². The molecule has 2 aromatic rings. The van der Waals surface area contributed by atoms with Crippen LogP contribution in [-0.4, -0.2) is 12.5 Å². The summed E-state index contributed by atoms with van der Waals surface area (Å²) >= 11 is 11.8. The van der Waals surface area contributed by atoms with E-state index >= 15 is 0 Å². The van der Waals surface area contributed by atoms with Gasteiger partial charge < -0.3 is 15.8 Å². The van der Waals surface area contributed by atoms with Gasteiger partial charge in [0.1, 0.15) is 5.75 Å². The van der Waals surface area contributed by atoms with Gasteiger partial charge in [0.25, 0.3) is 5.91 Å². The number of halogens is 2. The molecule has 0 aromatic heterocycles. The molecule has 2 aromatic carbocycles. The Kier molecular flexibility index (Phi) is 4.71. The van der Waals surface area contributed by atoms with E-state index in [0.29, 0.717) is 27.2 Å². The fourth-order valence-electron chi connectivity index (χ4n) is 1.51. The first-order chi connectivity index (χ1) is 9.56. The van der Waals surface area contributed by atoms with E-state index in [9.17, 15) is 4.79 Å². The number of nitrogen functional groups attached to an aromatic ring is 1. The van der Waals surface area contributed by atoms with Gasteiger partial charge in [-0.05, 0) is 24.3 Å². The van der Waals surface area contributed by atoms with Gasteiger partial charge >= 0.3 is 0 Å². The maximum Gasteiger partial charge on any atom is 0.262 e. The first-order valence-electron chi connectivity index (χ1n) is 5.78. The fourth-order valence-corrected chi connectivity index (χ4v) is 1.89. The average molecular weight is 311 g/mol. The van der Waals surface area contributed by atoms with Crippen molar-refractivity contribution in [3.63, 3.8) is 0 Å². The smallest absolute Gasteiger partial charge is 0.262 e. The van der Waals surface area contributed by atoms with Gasteiger partial charge in [-0.3, -0.25) is 4.79 Å².